The van der Waals surface area contributed by atoms with Gasteiger partial charge in [0.25, 0.3) is 0 Å². The zero-order chi connectivity index (χ0) is 15.3. The topological polar surface area (TPSA) is 9.23 Å². The number of halogens is 2. The molecule has 1 rings (SSSR count). The van der Waals surface area contributed by atoms with Gasteiger partial charge in [0.1, 0.15) is 0 Å². The SMILES string of the molecule is CC.CCC[C@@H](C)CC.COc1cccc(F)c1F. The molecule has 0 unspecified atom stereocenters. The van der Waals surface area contributed by atoms with Crippen LogP contribution in [0.25, 0.3) is 0 Å². The number of benzene rings is 1. The molecule has 0 saturated heterocycles. The quantitative estimate of drug-likeness (QED) is 0.671. The minimum Gasteiger partial charge on any atom is -0.494 e. The third-order valence-electron chi connectivity index (χ3n) is 2.61. The molecule has 1 aromatic carbocycles. The Labute approximate surface area is 117 Å². The van der Waals surface area contributed by atoms with E-state index in [0.717, 1.165) is 12.0 Å². The van der Waals surface area contributed by atoms with Crippen LogP contribution in [0.2, 0.25) is 0 Å². The molecule has 0 bridgehead atoms. The molecule has 1 atom stereocenters. The second-order valence-corrected chi connectivity index (χ2v) is 4.06. The van der Waals surface area contributed by atoms with Gasteiger partial charge in [-0.15, -0.1) is 0 Å². The van der Waals surface area contributed by atoms with Crippen molar-refractivity contribution >= 4 is 0 Å². The van der Waals surface area contributed by atoms with Crippen molar-refractivity contribution in [3.05, 3.63) is 29.8 Å². The van der Waals surface area contributed by atoms with Crippen molar-refractivity contribution in [2.24, 2.45) is 5.92 Å². The molecule has 0 radical (unpaired) electrons. The predicted molar refractivity (Wildman–Crippen MR) is 78.6 cm³/mol. The van der Waals surface area contributed by atoms with E-state index in [9.17, 15) is 8.78 Å². The van der Waals surface area contributed by atoms with Gasteiger partial charge in [0, 0.05) is 0 Å². The van der Waals surface area contributed by atoms with Crippen molar-refractivity contribution in [3.63, 3.8) is 0 Å². The maximum atomic E-state index is 12.5. The van der Waals surface area contributed by atoms with Crippen LogP contribution in [-0.2, 0) is 0 Å². The highest BCUT2D eigenvalue weighted by Crippen LogP contribution is 2.17. The van der Waals surface area contributed by atoms with Crippen molar-refractivity contribution in [2.45, 2.75) is 53.9 Å². The van der Waals surface area contributed by atoms with Crippen LogP contribution in [0.3, 0.4) is 0 Å². The summed E-state index contributed by atoms with van der Waals surface area (Å²) < 4.78 is 29.3. The Balaban J connectivity index is 0. The summed E-state index contributed by atoms with van der Waals surface area (Å²) in [6.07, 6.45) is 4.08. The third kappa shape index (κ3) is 9.46. The van der Waals surface area contributed by atoms with Crippen molar-refractivity contribution < 1.29 is 13.5 Å². The average molecular weight is 274 g/mol. The molecule has 0 aliphatic rings. The van der Waals surface area contributed by atoms with Gasteiger partial charge in [0.2, 0.25) is 5.82 Å². The second kappa shape index (κ2) is 13.3. The molecule has 19 heavy (non-hydrogen) atoms. The van der Waals surface area contributed by atoms with Crippen LogP contribution >= 0.6 is 0 Å². The van der Waals surface area contributed by atoms with Gasteiger partial charge in [-0.2, -0.15) is 4.39 Å². The zero-order valence-electron chi connectivity index (χ0n) is 13.1. The minimum absolute atomic E-state index is 0.0694. The van der Waals surface area contributed by atoms with E-state index >= 15 is 0 Å². The van der Waals surface area contributed by atoms with Crippen LogP contribution in [0.15, 0.2) is 18.2 Å². The van der Waals surface area contributed by atoms with E-state index in [0.29, 0.717) is 0 Å². The Hall–Kier alpha value is -1.12. The van der Waals surface area contributed by atoms with Crippen LogP contribution in [0, 0.1) is 17.6 Å². The van der Waals surface area contributed by atoms with Crippen LogP contribution < -0.4 is 4.74 Å². The number of hydrogen-bond acceptors (Lipinski definition) is 1. The van der Waals surface area contributed by atoms with Gasteiger partial charge >= 0.3 is 0 Å². The molecule has 0 amide bonds. The zero-order valence-corrected chi connectivity index (χ0v) is 13.1. The number of ether oxygens (including phenoxy) is 1. The smallest absolute Gasteiger partial charge is 0.200 e. The van der Waals surface area contributed by atoms with Crippen molar-refractivity contribution in [3.8, 4) is 5.75 Å². The third-order valence-corrected chi connectivity index (χ3v) is 2.61. The summed E-state index contributed by atoms with van der Waals surface area (Å²) in [4.78, 5) is 0. The van der Waals surface area contributed by atoms with E-state index in [1.165, 1.54) is 38.5 Å². The molecule has 0 N–H and O–H groups in total. The summed E-state index contributed by atoms with van der Waals surface area (Å²) in [6.45, 7) is 10.8. The fourth-order valence-electron chi connectivity index (χ4n) is 1.34. The first-order chi connectivity index (χ1) is 9.06. The molecule has 0 aliphatic heterocycles. The first kappa shape index (κ1) is 20.2. The summed E-state index contributed by atoms with van der Waals surface area (Å²) in [5.74, 6) is -0.950. The van der Waals surface area contributed by atoms with Gasteiger partial charge in [0.05, 0.1) is 7.11 Å². The lowest BCUT2D eigenvalue weighted by Crippen LogP contribution is -1.90. The number of hydrogen-bond donors (Lipinski definition) is 0. The van der Waals surface area contributed by atoms with E-state index in [1.807, 2.05) is 13.8 Å². The summed E-state index contributed by atoms with van der Waals surface area (Å²) in [5, 5.41) is 0. The normalized spacial score (nSPS) is 10.5. The molecule has 0 saturated carbocycles. The van der Waals surface area contributed by atoms with Gasteiger partial charge in [-0.05, 0) is 18.1 Å². The number of methoxy groups -OCH3 is 1. The fourth-order valence-corrected chi connectivity index (χ4v) is 1.34. The van der Waals surface area contributed by atoms with Crippen molar-refractivity contribution in [1.82, 2.24) is 0 Å². The van der Waals surface area contributed by atoms with Gasteiger partial charge in [0.15, 0.2) is 11.6 Å². The molecule has 1 aromatic rings. The van der Waals surface area contributed by atoms with Crippen LogP contribution in [0.1, 0.15) is 53.9 Å². The lowest BCUT2D eigenvalue weighted by Gasteiger charge is -2.02. The van der Waals surface area contributed by atoms with Crippen molar-refractivity contribution in [1.29, 1.82) is 0 Å². The lowest BCUT2D eigenvalue weighted by atomic mass is 10.0. The summed E-state index contributed by atoms with van der Waals surface area (Å²) in [5.41, 5.74) is 0. The highest BCUT2D eigenvalue weighted by atomic mass is 19.2. The largest absolute Gasteiger partial charge is 0.494 e. The molecule has 0 spiro atoms. The lowest BCUT2D eigenvalue weighted by molar-refractivity contribution is 0.372. The maximum Gasteiger partial charge on any atom is 0.200 e. The van der Waals surface area contributed by atoms with E-state index in [2.05, 4.69) is 25.5 Å². The monoisotopic (exact) mass is 274 g/mol. The van der Waals surface area contributed by atoms with Gasteiger partial charge < -0.3 is 4.74 Å². The van der Waals surface area contributed by atoms with Gasteiger partial charge in [-0.1, -0.05) is 59.9 Å². The van der Waals surface area contributed by atoms with Crippen LogP contribution in [0.5, 0.6) is 5.75 Å². The van der Waals surface area contributed by atoms with Gasteiger partial charge in [-0.25, -0.2) is 4.39 Å². The Kier molecular flexibility index (Phi) is 14.2. The summed E-state index contributed by atoms with van der Waals surface area (Å²) >= 11 is 0. The molecule has 112 valence electrons. The Morgan fingerprint density at radius 2 is 1.74 bits per heavy atom. The van der Waals surface area contributed by atoms with E-state index in [-0.39, 0.29) is 5.75 Å². The standard InChI is InChI=1S/C7H6F2O.C7H16.C2H6/c1-10-6-4-2-3-5(8)7(6)9;1-4-6-7(3)5-2;1-2/h2-4H,1H3;7H,4-6H2,1-3H3;1-2H3/t;7-;/m.0./s1. The fraction of sp³-hybridized carbons (Fsp3) is 0.625. The molecule has 1 nitrogen and oxygen atoms in total. The molecular weight excluding hydrogens is 246 g/mol. The number of rotatable bonds is 4. The molecular formula is C16H28F2O. The molecule has 0 aromatic heterocycles. The highest BCUT2D eigenvalue weighted by molar-refractivity contribution is 5.24. The summed E-state index contributed by atoms with van der Waals surface area (Å²) in [6, 6.07) is 3.79. The molecule has 0 aliphatic carbocycles. The Morgan fingerprint density at radius 3 is 2.05 bits per heavy atom. The van der Waals surface area contributed by atoms with E-state index < -0.39 is 11.6 Å². The predicted octanol–water partition coefficient (Wildman–Crippen LogP) is 5.83. The highest BCUT2D eigenvalue weighted by Gasteiger charge is 2.05. The molecule has 0 heterocycles. The first-order valence-corrected chi connectivity index (χ1v) is 7.04. The summed E-state index contributed by atoms with van der Waals surface area (Å²) in [7, 11) is 1.29. The Morgan fingerprint density at radius 1 is 1.16 bits per heavy atom. The van der Waals surface area contributed by atoms with Crippen LogP contribution in [-0.4, -0.2) is 7.11 Å². The first-order valence-electron chi connectivity index (χ1n) is 7.04. The van der Waals surface area contributed by atoms with E-state index in [4.69, 9.17) is 0 Å². The average Bonchev–Trinajstić information content (AvgIpc) is 2.45. The van der Waals surface area contributed by atoms with Crippen molar-refractivity contribution in [2.75, 3.05) is 7.11 Å². The molecule has 0 fully saturated rings. The van der Waals surface area contributed by atoms with Gasteiger partial charge in [-0.3, -0.25) is 0 Å². The Bertz CT molecular complexity index is 314. The molecule has 3 heteroatoms. The second-order valence-electron chi connectivity index (χ2n) is 4.06. The minimum atomic E-state index is -0.940. The van der Waals surface area contributed by atoms with Crippen LogP contribution in [0.4, 0.5) is 8.78 Å². The van der Waals surface area contributed by atoms with E-state index in [1.54, 1.807) is 0 Å². The maximum absolute atomic E-state index is 12.5.